The Morgan fingerprint density at radius 2 is 1.88 bits per heavy atom. The number of aromatic amines is 1. The number of carbonyl (C=O) groups is 1. The van der Waals surface area contributed by atoms with E-state index in [0.717, 1.165) is 29.9 Å². The maximum atomic E-state index is 13.6. The Morgan fingerprint density at radius 1 is 1.21 bits per heavy atom. The van der Waals surface area contributed by atoms with Gasteiger partial charge in [0.05, 0.1) is 21.4 Å². The zero-order valence-electron chi connectivity index (χ0n) is 17.9. The molecule has 0 aliphatic carbocycles. The summed E-state index contributed by atoms with van der Waals surface area (Å²) in [5.41, 5.74) is -3.10. The number of aliphatic hydroxyl groups is 1. The van der Waals surface area contributed by atoms with Crippen LogP contribution < -0.4 is 11.2 Å². The van der Waals surface area contributed by atoms with Crippen molar-refractivity contribution in [2.45, 2.75) is 39.1 Å². The molecule has 176 valence electrons. The van der Waals surface area contributed by atoms with Crippen LogP contribution in [0.15, 0.2) is 33.9 Å². The van der Waals surface area contributed by atoms with Gasteiger partial charge in [0.15, 0.2) is 0 Å². The highest BCUT2D eigenvalue weighted by Gasteiger charge is 2.38. The third-order valence-electron chi connectivity index (χ3n) is 5.57. The molecule has 1 saturated heterocycles. The molecule has 11 heteroatoms. The number of alkyl halides is 3. The molecule has 1 atom stereocenters. The number of amides is 1. The van der Waals surface area contributed by atoms with E-state index in [1.165, 1.54) is 21.6 Å². The molecule has 1 unspecified atom stereocenters. The number of H-pyrrole nitrogens is 1. The molecule has 1 amide bonds. The number of benzene rings is 1. The zero-order chi connectivity index (χ0) is 24.1. The van der Waals surface area contributed by atoms with Gasteiger partial charge in [0.2, 0.25) is 0 Å². The molecule has 4 rings (SSSR count). The molecule has 1 aliphatic heterocycles. The molecule has 1 aromatic carbocycles. The third-order valence-corrected chi connectivity index (χ3v) is 6.83. The predicted octanol–water partition coefficient (Wildman–Crippen LogP) is 3.35. The van der Waals surface area contributed by atoms with Crippen molar-refractivity contribution in [3.63, 3.8) is 0 Å². The summed E-state index contributed by atoms with van der Waals surface area (Å²) in [6, 6.07) is 4.56. The summed E-state index contributed by atoms with van der Waals surface area (Å²) in [6.07, 6.45) is -5.79. The van der Waals surface area contributed by atoms with Crippen LogP contribution in [0.1, 0.15) is 52.7 Å². The summed E-state index contributed by atoms with van der Waals surface area (Å²) in [4.78, 5) is 42.3. The fraction of sp³-hybridized carbons (Fsp3) is 0.409. The number of nitrogens with one attached hydrogen (secondary N) is 1. The molecule has 3 aromatic rings. The fourth-order valence-corrected chi connectivity index (χ4v) is 5.21. The SMILES string of the molecule is CC(C)Cn1c(=O)[nH]c(=O)c2c(C(=O)N3CCC3)c(C(O)c3ccccc3C(F)(F)F)sc21. The van der Waals surface area contributed by atoms with Crippen LogP contribution in [0.2, 0.25) is 0 Å². The van der Waals surface area contributed by atoms with Gasteiger partial charge in [-0.25, -0.2) is 4.79 Å². The molecule has 1 fully saturated rings. The molecule has 33 heavy (non-hydrogen) atoms. The van der Waals surface area contributed by atoms with Crippen molar-refractivity contribution in [2.24, 2.45) is 5.92 Å². The standard InChI is InChI=1S/C22H22F3N3O4S/c1-11(2)10-28-20-15(18(30)26-21(28)32)14(19(31)27-8-5-9-27)17(33-20)16(29)12-6-3-4-7-13(12)22(23,24)25/h3-4,6-7,11,16,29H,5,8-10H2,1-2H3,(H,26,30,32). The van der Waals surface area contributed by atoms with E-state index in [1.54, 1.807) is 0 Å². The highest BCUT2D eigenvalue weighted by molar-refractivity contribution is 7.19. The van der Waals surface area contributed by atoms with Crippen LogP contribution in [0.25, 0.3) is 10.2 Å². The second-order valence-corrected chi connectivity index (χ2v) is 9.45. The molecule has 0 radical (unpaired) electrons. The summed E-state index contributed by atoms with van der Waals surface area (Å²) in [5, 5.41) is 11.0. The average Bonchev–Trinajstić information content (AvgIpc) is 3.09. The van der Waals surface area contributed by atoms with Gasteiger partial charge < -0.3 is 10.0 Å². The quantitative estimate of drug-likeness (QED) is 0.584. The molecule has 1 aliphatic rings. The minimum atomic E-state index is -4.73. The van der Waals surface area contributed by atoms with Crippen LogP contribution in [0.3, 0.4) is 0 Å². The molecule has 2 aromatic heterocycles. The molecule has 2 N–H and O–H groups in total. The van der Waals surface area contributed by atoms with Crippen molar-refractivity contribution in [1.82, 2.24) is 14.5 Å². The third kappa shape index (κ3) is 4.10. The lowest BCUT2D eigenvalue weighted by molar-refractivity contribution is -0.138. The van der Waals surface area contributed by atoms with Crippen molar-refractivity contribution < 1.29 is 23.1 Å². The van der Waals surface area contributed by atoms with E-state index in [4.69, 9.17) is 0 Å². The van der Waals surface area contributed by atoms with E-state index >= 15 is 0 Å². The van der Waals surface area contributed by atoms with E-state index in [-0.39, 0.29) is 33.1 Å². The molecule has 0 spiro atoms. The average molecular weight is 481 g/mol. The van der Waals surface area contributed by atoms with E-state index in [1.807, 2.05) is 13.8 Å². The lowest BCUT2D eigenvalue weighted by Crippen LogP contribution is -2.42. The van der Waals surface area contributed by atoms with Crippen LogP contribution in [0.5, 0.6) is 0 Å². The van der Waals surface area contributed by atoms with Gasteiger partial charge in [0, 0.05) is 19.6 Å². The number of likely N-dealkylation sites (tertiary alicyclic amines) is 1. The first-order valence-electron chi connectivity index (χ1n) is 10.4. The number of thiophene rings is 1. The van der Waals surface area contributed by atoms with Crippen molar-refractivity contribution >= 4 is 27.5 Å². The van der Waals surface area contributed by atoms with Gasteiger partial charge in [-0.15, -0.1) is 11.3 Å². The zero-order valence-corrected chi connectivity index (χ0v) is 18.7. The Kier molecular flexibility index (Phi) is 5.95. The molecular formula is C22H22F3N3O4S. The van der Waals surface area contributed by atoms with Gasteiger partial charge in [0.25, 0.3) is 11.5 Å². The second kappa shape index (κ2) is 8.45. The Hall–Kier alpha value is -2.92. The van der Waals surface area contributed by atoms with Crippen LogP contribution in [-0.2, 0) is 12.7 Å². The molecule has 0 bridgehead atoms. The van der Waals surface area contributed by atoms with Crippen LogP contribution >= 0.6 is 11.3 Å². The number of halogens is 3. The predicted molar refractivity (Wildman–Crippen MR) is 118 cm³/mol. The normalized spacial score (nSPS) is 15.2. The number of nitrogens with zero attached hydrogens (tertiary/aromatic N) is 2. The van der Waals surface area contributed by atoms with E-state index in [2.05, 4.69) is 4.98 Å². The van der Waals surface area contributed by atoms with Gasteiger partial charge in [-0.1, -0.05) is 32.0 Å². The minimum absolute atomic E-state index is 0.00719. The van der Waals surface area contributed by atoms with E-state index in [9.17, 15) is 32.7 Å². The summed E-state index contributed by atoms with van der Waals surface area (Å²) >= 11 is 0.802. The van der Waals surface area contributed by atoms with Gasteiger partial charge >= 0.3 is 11.9 Å². The topological polar surface area (TPSA) is 95.4 Å². The monoisotopic (exact) mass is 481 g/mol. The lowest BCUT2D eigenvalue weighted by atomic mass is 9.97. The van der Waals surface area contributed by atoms with Crippen LogP contribution in [-0.4, -0.2) is 38.6 Å². The van der Waals surface area contributed by atoms with Crippen LogP contribution in [0, 0.1) is 5.92 Å². The maximum absolute atomic E-state index is 13.6. The van der Waals surface area contributed by atoms with Crippen molar-refractivity contribution in [1.29, 1.82) is 0 Å². The highest BCUT2D eigenvalue weighted by atomic mass is 32.1. The summed E-state index contributed by atoms with van der Waals surface area (Å²) in [6.45, 7) is 4.82. The molecule has 3 heterocycles. The fourth-order valence-electron chi connectivity index (χ4n) is 3.90. The van der Waals surface area contributed by atoms with Gasteiger partial charge in [0.1, 0.15) is 10.9 Å². The summed E-state index contributed by atoms with van der Waals surface area (Å²) in [7, 11) is 0. The number of aliphatic hydroxyl groups excluding tert-OH is 1. The van der Waals surface area contributed by atoms with E-state index < -0.39 is 40.6 Å². The van der Waals surface area contributed by atoms with Gasteiger partial charge in [-0.3, -0.25) is 19.1 Å². The number of rotatable bonds is 5. The minimum Gasteiger partial charge on any atom is -0.383 e. The maximum Gasteiger partial charge on any atom is 0.416 e. The largest absolute Gasteiger partial charge is 0.416 e. The number of hydrogen-bond donors (Lipinski definition) is 2. The Morgan fingerprint density at radius 3 is 2.45 bits per heavy atom. The smallest absolute Gasteiger partial charge is 0.383 e. The second-order valence-electron chi connectivity index (χ2n) is 8.42. The first-order valence-corrected chi connectivity index (χ1v) is 11.2. The van der Waals surface area contributed by atoms with Crippen molar-refractivity contribution in [3.05, 3.63) is 66.7 Å². The number of fused-ring (bicyclic) bond motifs is 1. The molecular weight excluding hydrogens is 459 g/mol. The molecule has 0 saturated carbocycles. The lowest BCUT2D eigenvalue weighted by Gasteiger charge is -2.31. The van der Waals surface area contributed by atoms with Crippen molar-refractivity contribution in [3.8, 4) is 0 Å². The highest BCUT2D eigenvalue weighted by Crippen LogP contribution is 2.41. The number of carbonyl (C=O) groups excluding carboxylic acids is 1. The Labute approximate surface area is 190 Å². The Bertz CT molecular complexity index is 1340. The summed E-state index contributed by atoms with van der Waals surface area (Å²) in [5.74, 6) is -0.543. The van der Waals surface area contributed by atoms with Gasteiger partial charge in [-0.2, -0.15) is 13.2 Å². The first kappa shape index (κ1) is 23.2. The van der Waals surface area contributed by atoms with E-state index in [0.29, 0.717) is 13.1 Å². The molecule has 7 nitrogen and oxygen atoms in total. The first-order chi connectivity index (χ1) is 15.5. The Balaban J connectivity index is 2.02. The number of hydrogen-bond acceptors (Lipinski definition) is 5. The summed E-state index contributed by atoms with van der Waals surface area (Å²) < 4.78 is 42.2. The number of aromatic nitrogens is 2. The van der Waals surface area contributed by atoms with Gasteiger partial charge in [-0.05, 0) is 24.0 Å². The van der Waals surface area contributed by atoms with Crippen LogP contribution in [0.4, 0.5) is 13.2 Å². The van der Waals surface area contributed by atoms with Crippen molar-refractivity contribution in [2.75, 3.05) is 13.1 Å².